The molecule has 0 rings (SSSR count). The van der Waals surface area contributed by atoms with E-state index >= 15 is 0 Å². The summed E-state index contributed by atoms with van der Waals surface area (Å²) >= 11 is 0. The highest BCUT2D eigenvalue weighted by Gasteiger charge is 2.32. The van der Waals surface area contributed by atoms with Gasteiger partial charge >= 0.3 is 0 Å². The molecule has 0 fully saturated rings. The van der Waals surface area contributed by atoms with Gasteiger partial charge in [0.2, 0.25) is 0 Å². The zero-order valence-electron chi connectivity index (χ0n) is 12.5. The van der Waals surface area contributed by atoms with E-state index in [-0.39, 0.29) is 5.54 Å². The molecule has 3 nitrogen and oxygen atoms in total. The van der Waals surface area contributed by atoms with E-state index in [1.54, 1.807) is 0 Å². The van der Waals surface area contributed by atoms with Crippen molar-refractivity contribution < 1.29 is 4.74 Å². The van der Waals surface area contributed by atoms with Gasteiger partial charge in [0.15, 0.2) is 0 Å². The Hall–Kier alpha value is -0.120. The summed E-state index contributed by atoms with van der Waals surface area (Å²) < 4.78 is 5.62. The van der Waals surface area contributed by atoms with Crippen LogP contribution in [0, 0.1) is 0 Å². The van der Waals surface area contributed by atoms with Crippen LogP contribution in [0.4, 0.5) is 0 Å². The molecule has 0 bridgehead atoms. The number of rotatable bonds is 10. The Morgan fingerprint density at radius 1 is 1.29 bits per heavy atom. The summed E-state index contributed by atoms with van der Waals surface area (Å²) in [6.07, 6.45) is 3.61. The van der Waals surface area contributed by atoms with E-state index in [0.29, 0.717) is 12.6 Å². The van der Waals surface area contributed by atoms with Crippen LogP contribution >= 0.6 is 0 Å². The highest BCUT2D eigenvalue weighted by atomic mass is 16.5. The van der Waals surface area contributed by atoms with Gasteiger partial charge in [-0.2, -0.15) is 0 Å². The van der Waals surface area contributed by atoms with E-state index in [2.05, 4.69) is 32.6 Å². The maximum Gasteiger partial charge on any atom is 0.0660 e. The first-order chi connectivity index (χ1) is 8.05. The lowest BCUT2D eigenvalue weighted by molar-refractivity contribution is -0.0115. The third-order valence-electron chi connectivity index (χ3n) is 3.63. The third kappa shape index (κ3) is 5.36. The zero-order valence-corrected chi connectivity index (χ0v) is 12.5. The molecule has 0 amide bonds. The highest BCUT2D eigenvalue weighted by Crippen LogP contribution is 2.20. The summed E-state index contributed by atoms with van der Waals surface area (Å²) in [6.45, 7) is 14.3. The van der Waals surface area contributed by atoms with Gasteiger partial charge in [-0.3, -0.25) is 4.90 Å². The summed E-state index contributed by atoms with van der Waals surface area (Å²) in [5.74, 6) is 0. The quantitative estimate of drug-likeness (QED) is 0.642. The first kappa shape index (κ1) is 16.9. The largest absolute Gasteiger partial charge is 0.380 e. The molecule has 0 aromatic rings. The molecule has 17 heavy (non-hydrogen) atoms. The molecule has 0 saturated carbocycles. The predicted molar refractivity (Wildman–Crippen MR) is 75.3 cm³/mol. The maximum absolute atomic E-state index is 5.99. The van der Waals surface area contributed by atoms with Crippen molar-refractivity contribution in [2.75, 3.05) is 26.3 Å². The first-order valence-electron chi connectivity index (χ1n) is 7.10. The lowest BCUT2D eigenvalue weighted by atomic mass is 9.97. The molecule has 0 heterocycles. The summed E-state index contributed by atoms with van der Waals surface area (Å²) in [6, 6.07) is 0.565. The molecule has 0 saturated heterocycles. The molecule has 0 aliphatic heterocycles. The van der Waals surface area contributed by atoms with Crippen molar-refractivity contribution >= 4 is 0 Å². The topological polar surface area (TPSA) is 38.5 Å². The maximum atomic E-state index is 5.99. The van der Waals surface area contributed by atoms with Crippen molar-refractivity contribution in [1.29, 1.82) is 0 Å². The Balaban J connectivity index is 4.68. The van der Waals surface area contributed by atoms with Crippen LogP contribution in [0.15, 0.2) is 0 Å². The number of nitrogens with zero attached hydrogens (tertiary/aromatic N) is 1. The second-order valence-corrected chi connectivity index (χ2v) is 5.14. The molecule has 0 aliphatic carbocycles. The zero-order chi connectivity index (χ0) is 13.3. The second kappa shape index (κ2) is 8.90. The Morgan fingerprint density at radius 3 is 2.35 bits per heavy atom. The minimum absolute atomic E-state index is 0.0272. The van der Waals surface area contributed by atoms with Crippen molar-refractivity contribution in [3.05, 3.63) is 0 Å². The normalized spacial score (nSPS) is 17.1. The molecule has 0 aromatic carbocycles. The second-order valence-electron chi connectivity index (χ2n) is 5.14. The first-order valence-corrected chi connectivity index (χ1v) is 7.10. The van der Waals surface area contributed by atoms with Crippen LogP contribution in [0.2, 0.25) is 0 Å². The molecular weight excluding hydrogens is 212 g/mol. The SMILES string of the molecule is CCCCN(C(C)CC)C(C)(CN)COCC. The van der Waals surface area contributed by atoms with Gasteiger partial charge in [0.25, 0.3) is 0 Å². The molecule has 104 valence electrons. The van der Waals surface area contributed by atoms with Crippen LogP contribution in [0.1, 0.15) is 53.9 Å². The van der Waals surface area contributed by atoms with E-state index in [9.17, 15) is 0 Å². The van der Waals surface area contributed by atoms with E-state index in [1.165, 1.54) is 12.8 Å². The van der Waals surface area contributed by atoms with Crippen molar-refractivity contribution in [3.8, 4) is 0 Å². The van der Waals surface area contributed by atoms with Gasteiger partial charge in [-0.1, -0.05) is 20.3 Å². The van der Waals surface area contributed by atoms with E-state index < -0.39 is 0 Å². The fraction of sp³-hybridized carbons (Fsp3) is 1.00. The average Bonchev–Trinajstić information content (AvgIpc) is 2.36. The van der Waals surface area contributed by atoms with Crippen LogP contribution in [0.25, 0.3) is 0 Å². The van der Waals surface area contributed by atoms with Gasteiger partial charge in [-0.05, 0) is 40.2 Å². The van der Waals surface area contributed by atoms with Gasteiger partial charge in [0.05, 0.1) is 12.1 Å². The number of nitrogens with two attached hydrogens (primary N) is 1. The van der Waals surface area contributed by atoms with Crippen LogP contribution < -0.4 is 5.73 Å². The smallest absolute Gasteiger partial charge is 0.0660 e. The third-order valence-corrected chi connectivity index (χ3v) is 3.63. The summed E-state index contributed by atoms with van der Waals surface area (Å²) in [5.41, 5.74) is 5.96. The summed E-state index contributed by atoms with van der Waals surface area (Å²) in [5, 5.41) is 0. The van der Waals surface area contributed by atoms with E-state index in [4.69, 9.17) is 10.5 Å². The lowest BCUT2D eigenvalue weighted by Crippen LogP contribution is -2.58. The van der Waals surface area contributed by atoms with Crippen LogP contribution in [0.3, 0.4) is 0 Å². The lowest BCUT2D eigenvalue weighted by Gasteiger charge is -2.44. The monoisotopic (exact) mass is 244 g/mol. The number of hydrogen-bond donors (Lipinski definition) is 1. The van der Waals surface area contributed by atoms with Crippen LogP contribution in [0.5, 0.6) is 0 Å². The van der Waals surface area contributed by atoms with Crippen LogP contribution in [-0.4, -0.2) is 42.8 Å². The fourth-order valence-corrected chi connectivity index (χ4v) is 2.15. The molecule has 3 heteroatoms. The van der Waals surface area contributed by atoms with Crippen molar-refractivity contribution in [3.63, 3.8) is 0 Å². The van der Waals surface area contributed by atoms with Gasteiger partial charge in [-0.25, -0.2) is 0 Å². The summed E-state index contributed by atoms with van der Waals surface area (Å²) in [4.78, 5) is 2.53. The average molecular weight is 244 g/mol. The van der Waals surface area contributed by atoms with Crippen molar-refractivity contribution in [2.24, 2.45) is 5.73 Å². The number of hydrogen-bond acceptors (Lipinski definition) is 3. The van der Waals surface area contributed by atoms with E-state index in [1.807, 2.05) is 6.92 Å². The van der Waals surface area contributed by atoms with Crippen molar-refractivity contribution in [2.45, 2.75) is 65.5 Å². The molecule has 0 aromatic heterocycles. The minimum Gasteiger partial charge on any atom is -0.380 e. The highest BCUT2D eigenvalue weighted by molar-refractivity contribution is 4.90. The van der Waals surface area contributed by atoms with Gasteiger partial charge < -0.3 is 10.5 Å². The molecule has 0 spiro atoms. The van der Waals surface area contributed by atoms with Crippen molar-refractivity contribution in [1.82, 2.24) is 4.90 Å². The Morgan fingerprint density at radius 2 is 1.94 bits per heavy atom. The fourth-order valence-electron chi connectivity index (χ4n) is 2.15. The molecule has 0 radical (unpaired) electrons. The molecule has 0 aliphatic rings. The number of ether oxygens (including phenoxy) is 1. The molecule has 2 N–H and O–H groups in total. The summed E-state index contributed by atoms with van der Waals surface area (Å²) in [7, 11) is 0. The van der Waals surface area contributed by atoms with Gasteiger partial charge in [-0.15, -0.1) is 0 Å². The molecule has 2 atom stereocenters. The molecule has 2 unspecified atom stereocenters. The Labute approximate surface area is 108 Å². The van der Waals surface area contributed by atoms with Crippen LogP contribution in [-0.2, 0) is 4.74 Å². The Kier molecular flexibility index (Phi) is 8.83. The Bertz CT molecular complexity index is 187. The molecular formula is C14H32N2O. The van der Waals surface area contributed by atoms with Gasteiger partial charge in [0.1, 0.15) is 0 Å². The van der Waals surface area contributed by atoms with E-state index in [0.717, 1.165) is 26.2 Å². The standard InChI is InChI=1S/C14H32N2O/c1-6-9-10-16(13(4)7-2)14(5,11-15)12-17-8-3/h13H,6-12,15H2,1-5H3. The van der Waals surface area contributed by atoms with Gasteiger partial charge in [0, 0.05) is 19.2 Å². The minimum atomic E-state index is -0.0272. The predicted octanol–water partition coefficient (Wildman–Crippen LogP) is 2.64. The number of unbranched alkanes of at least 4 members (excludes halogenated alkanes) is 1.